The molecule has 2 aromatic rings. The Labute approximate surface area is 123 Å². The van der Waals surface area contributed by atoms with Crippen molar-refractivity contribution in [3.8, 4) is 17.1 Å². The highest BCUT2D eigenvalue weighted by Crippen LogP contribution is 2.25. The first-order valence-corrected chi connectivity index (χ1v) is 6.68. The van der Waals surface area contributed by atoms with Crippen LogP contribution in [0, 0.1) is 0 Å². The average molecular weight is 283 g/mol. The van der Waals surface area contributed by atoms with E-state index < -0.39 is 0 Å². The molecule has 0 spiro atoms. The van der Waals surface area contributed by atoms with Crippen LogP contribution in [0.4, 0.5) is 0 Å². The Morgan fingerprint density at radius 3 is 2.90 bits per heavy atom. The minimum absolute atomic E-state index is 0.204. The van der Waals surface area contributed by atoms with Gasteiger partial charge in [0.25, 0.3) is 0 Å². The number of carbonyl (C=O) groups excluding carboxylic acids is 1. The van der Waals surface area contributed by atoms with Gasteiger partial charge in [-0.15, -0.1) is 0 Å². The monoisotopic (exact) mass is 283 g/mol. The van der Waals surface area contributed by atoms with Gasteiger partial charge in [-0.1, -0.05) is 12.6 Å². The molecular weight excluding hydrogens is 266 g/mol. The number of rotatable bonds is 6. The van der Waals surface area contributed by atoms with Crippen molar-refractivity contribution >= 4 is 5.91 Å². The third kappa shape index (κ3) is 3.89. The molecule has 0 saturated heterocycles. The molecule has 0 aliphatic heterocycles. The number of hydrogen-bond acceptors (Lipinski definition) is 4. The van der Waals surface area contributed by atoms with Crippen LogP contribution in [-0.4, -0.2) is 22.5 Å². The maximum atomic E-state index is 11.1. The summed E-state index contributed by atoms with van der Waals surface area (Å²) in [6, 6.07) is 7.56. The lowest BCUT2D eigenvalue weighted by molar-refractivity contribution is -0.116. The van der Waals surface area contributed by atoms with E-state index in [-0.39, 0.29) is 5.91 Å². The lowest BCUT2D eigenvalue weighted by Gasteiger charge is -2.08. The van der Waals surface area contributed by atoms with Crippen LogP contribution >= 0.6 is 0 Å². The van der Waals surface area contributed by atoms with Crippen LogP contribution in [0.15, 0.2) is 49.3 Å². The molecule has 1 N–H and O–H groups in total. The van der Waals surface area contributed by atoms with E-state index in [1.807, 2.05) is 31.2 Å². The van der Waals surface area contributed by atoms with Crippen LogP contribution in [0.3, 0.4) is 0 Å². The molecule has 21 heavy (non-hydrogen) atoms. The number of carbonyl (C=O) groups is 1. The summed E-state index contributed by atoms with van der Waals surface area (Å²) in [7, 11) is 0. The lowest BCUT2D eigenvalue weighted by atomic mass is 10.1. The lowest BCUT2D eigenvalue weighted by Crippen LogP contribution is -2.19. The van der Waals surface area contributed by atoms with Gasteiger partial charge in [0.1, 0.15) is 0 Å². The molecule has 0 aromatic carbocycles. The molecular formula is C16H17N3O2. The fourth-order valence-electron chi connectivity index (χ4n) is 1.79. The molecule has 108 valence electrons. The molecule has 0 radical (unpaired) electrons. The van der Waals surface area contributed by atoms with Gasteiger partial charge >= 0.3 is 0 Å². The summed E-state index contributed by atoms with van der Waals surface area (Å²) in [5.41, 5.74) is 2.54. The highest BCUT2D eigenvalue weighted by molar-refractivity contribution is 5.86. The zero-order valence-corrected chi connectivity index (χ0v) is 11.9. The standard InChI is InChI=1S/C16H17N3O2/c1-3-15(20)19-11-12-7-8-14(18-10-12)13-6-5-9-17-16(13)21-4-2/h3,5-10H,1,4,11H2,2H3,(H,19,20). The summed E-state index contributed by atoms with van der Waals surface area (Å²) in [5, 5.41) is 2.71. The zero-order valence-electron chi connectivity index (χ0n) is 11.9. The van der Waals surface area contributed by atoms with Gasteiger partial charge in [-0.3, -0.25) is 9.78 Å². The van der Waals surface area contributed by atoms with Gasteiger partial charge in [0, 0.05) is 18.9 Å². The van der Waals surface area contributed by atoms with E-state index in [0.29, 0.717) is 19.0 Å². The van der Waals surface area contributed by atoms with Crippen LogP contribution in [-0.2, 0) is 11.3 Å². The molecule has 0 aliphatic carbocycles. The zero-order chi connectivity index (χ0) is 15.1. The molecule has 5 heteroatoms. The summed E-state index contributed by atoms with van der Waals surface area (Å²) >= 11 is 0. The predicted octanol–water partition coefficient (Wildman–Crippen LogP) is 2.34. The van der Waals surface area contributed by atoms with Crippen LogP contribution < -0.4 is 10.1 Å². The highest BCUT2D eigenvalue weighted by atomic mass is 16.5. The van der Waals surface area contributed by atoms with Gasteiger partial charge < -0.3 is 10.1 Å². The van der Waals surface area contributed by atoms with Crippen molar-refractivity contribution in [2.45, 2.75) is 13.5 Å². The second kappa shape index (κ2) is 7.19. The van der Waals surface area contributed by atoms with Crippen molar-refractivity contribution in [2.75, 3.05) is 6.61 Å². The number of pyridine rings is 2. The third-order valence-corrected chi connectivity index (χ3v) is 2.81. The second-order valence-corrected chi connectivity index (χ2v) is 4.26. The molecule has 1 amide bonds. The normalized spacial score (nSPS) is 9.95. The molecule has 0 bridgehead atoms. The fraction of sp³-hybridized carbons (Fsp3) is 0.188. The van der Waals surface area contributed by atoms with Gasteiger partial charge in [-0.05, 0) is 36.8 Å². The van der Waals surface area contributed by atoms with Gasteiger partial charge in [0.15, 0.2) is 0 Å². The van der Waals surface area contributed by atoms with Crippen LogP contribution in [0.5, 0.6) is 5.88 Å². The first-order chi connectivity index (χ1) is 10.2. The molecule has 2 rings (SSSR count). The van der Waals surface area contributed by atoms with Crippen molar-refractivity contribution in [1.82, 2.24) is 15.3 Å². The molecule has 5 nitrogen and oxygen atoms in total. The first kappa shape index (κ1) is 14.7. The van der Waals surface area contributed by atoms with Gasteiger partial charge in [-0.2, -0.15) is 0 Å². The van der Waals surface area contributed by atoms with E-state index in [1.165, 1.54) is 6.08 Å². The molecule has 0 saturated carbocycles. The Morgan fingerprint density at radius 2 is 2.24 bits per heavy atom. The number of amides is 1. The van der Waals surface area contributed by atoms with E-state index in [0.717, 1.165) is 16.8 Å². The summed E-state index contributed by atoms with van der Waals surface area (Å²) in [4.78, 5) is 19.7. The molecule has 0 unspecified atom stereocenters. The summed E-state index contributed by atoms with van der Waals surface area (Å²) in [5.74, 6) is 0.366. The second-order valence-electron chi connectivity index (χ2n) is 4.26. The fourth-order valence-corrected chi connectivity index (χ4v) is 1.79. The van der Waals surface area contributed by atoms with E-state index in [9.17, 15) is 4.79 Å². The maximum absolute atomic E-state index is 11.1. The molecule has 0 aliphatic rings. The minimum atomic E-state index is -0.204. The Balaban J connectivity index is 2.15. The number of aromatic nitrogens is 2. The average Bonchev–Trinajstić information content (AvgIpc) is 2.54. The van der Waals surface area contributed by atoms with Crippen molar-refractivity contribution in [3.05, 3.63) is 54.9 Å². The molecule has 0 fully saturated rings. The van der Waals surface area contributed by atoms with Crippen molar-refractivity contribution < 1.29 is 9.53 Å². The molecule has 0 atom stereocenters. The smallest absolute Gasteiger partial charge is 0.243 e. The number of hydrogen-bond donors (Lipinski definition) is 1. The largest absolute Gasteiger partial charge is 0.477 e. The maximum Gasteiger partial charge on any atom is 0.243 e. The third-order valence-electron chi connectivity index (χ3n) is 2.81. The topological polar surface area (TPSA) is 64.1 Å². The Morgan fingerprint density at radius 1 is 1.38 bits per heavy atom. The van der Waals surface area contributed by atoms with Gasteiger partial charge in [0.05, 0.1) is 17.9 Å². The van der Waals surface area contributed by atoms with Crippen molar-refractivity contribution in [2.24, 2.45) is 0 Å². The number of nitrogens with one attached hydrogen (secondary N) is 1. The van der Waals surface area contributed by atoms with E-state index in [4.69, 9.17) is 4.74 Å². The Hall–Kier alpha value is -2.69. The molecule has 2 aromatic heterocycles. The van der Waals surface area contributed by atoms with Crippen LogP contribution in [0.25, 0.3) is 11.3 Å². The summed E-state index contributed by atoms with van der Waals surface area (Å²) in [6.45, 7) is 6.29. The van der Waals surface area contributed by atoms with E-state index in [1.54, 1.807) is 12.4 Å². The highest BCUT2D eigenvalue weighted by Gasteiger charge is 2.08. The SMILES string of the molecule is C=CC(=O)NCc1ccc(-c2cccnc2OCC)nc1. The van der Waals surface area contributed by atoms with Crippen molar-refractivity contribution in [1.29, 1.82) is 0 Å². The summed E-state index contributed by atoms with van der Waals surface area (Å²) < 4.78 is 5.50. The summed E-state index contributed by atoms with van der Waals surface area (Å²) in [6.07, 6.45) is 4.65. The van der Waals surface area contributed by atoms with E-state index >= 15 is 0 Å². The van der Waals surface area contributed by atoms with Crippen molar-refractivity contribution in [3.63, 3.8) is 0 Å². The Kier molecular flexibility index (Phi) is 5.04. The Bertz CT molecular complexity index is 624. The predicted molar refractivity (Wildman–Crippen MR) is 80.7 cm³/mol. The minimum Gasteiger partial charge on any atom is -0.477 e. The van der Waals surface area contributed by atoms with Gasteiger partial charge in [-0.25, -0.2) is 4.98 Å². The number of ether oxygens (including phenoxy) is 1. The van der Waals surface area contributed by atoms with Crippen LogP contribution in [0.1, 0.15) is 12.5 Å². The first-order valence-electron chi connectivity index (χ1n) is 6.68. The quantitative estimate of drug-likeness (QED) is 0.826. The number of nitrogens with zero attached hydrogens (tertiary/aromatic N) is 2. The van der Waals surface area contributed by atoms with Crippen LogP contribution in [0.2, 0.25) is 0 Å². The van der Waals surface area contributed by atoms with E-state index in [2.05, 4.69) is 21.9 Å². The van der Waals surface area contributed by atoms with Gasteiger partial charge in [0.2, 0.25) is 11.8 Å². The molecule has 2 heterocycles.